The van der Waals surface area contributed by atoms with Gasteiger partial charge < -0.3 is 0 Å². The molecule has 0 saturated carbocycles. The smallest absolute Gasteiger partial charge is 0.273 e. The molecule has 0 fully saturated rings. The van der Waals surface area contributed by atoms with E-state index >= 15 is 0 Å². The molecule has 0 spiro atoms. The van der Waals surface area contributed by atoms with Crippen molar-refractivity contribution >= 4 is 24.0 Å². The third kappa shape index (κ3) is 9.09. The van der Waals surface area contributed by atoms with Crippen LogP contribution in [-0.2, 0) is 26.2 Å². The molecule has 0 heterocycles. The van der Waals surface area contributed by atoms with E-state index in [-0.39, 0.29) is 34.1 Å². The summed E-state index contributed by atoms with van der Waals surface area (Å²) in [7, 11) is 0.0576. The zero-order valence-electron chi connectivity index (χ0n) is 14.3. The molecule has 1 aliphatic carbocycles. The van der Waals surface area contributed by atoms with Gasteiger partial charge in [-0.25, -0.2) is 12.2 Å². The van der Waals surface area contributed by atoms with E-state index in [1.165, 1.54) is 16.1 Å². The molecule has 23 heavy (non-hydrogen) atoms. The average molecular weight is 400 g/mol. The quantitative estimate of drug-likeness (QED) is 0.331. The Morgan fingerprint density at radius 1 is 1.26 bits per heavy atom. The first-order chi connectivity index (χ1) is 10.7. The van der Waals surface area contributed by atoms with Crippen LogP contribution in [0, 0.1) is 6.08 Å². The van der Waals surface area contributed by atoms with Gasteiger partial charge in [0.1, 0.15) is 0 Å². The van der Waals surface area contributed by atoms with E-state index in [9.17, 15) is 0 Å². The minimum atomic E-state index is 0. The van der Waals surface area contributed by atoms with Crippen LogP contribution in [0.25, 0.3) is 10.8 Å². The van der Waals surface area contributed by atoms with Crippen LogP contribution < -0.4 is 5.30 Å². The first-order valence-electron chi connectivity index (χ1n) is 7.47. The van der Waals surface area contributed by atoms with Crippen LogP contribution in [0.4, 0.5) is 0 Å². The summed E-state index contributed by atoms with van der Waals surface area (Å²) in [6.07, 6.45) is 15.6. The largest absolute Gasteiger partial charge is 2.00 e. The predicted molar refractivity (Wildman–Crippen MR) is 105 cm³/mol. The van der Waals surface area contributed by atoms with Crippen LogP contribution in [-0.4, -0.2) is 13.3 Å². The Morgan fingerprint density at radius 3 is 2.39 bits per heavy atom. The summed E-state index contributed by atoms with van der Waals surface area (Å²) >= 11 is 0. The summed E-state index contributed by atoms with van der Waals surface area (Å²) in [5, 5.41) is 4.26. The summed E-state index contributed by atoms with van der Waals surface area (Å²) < 4.78 is 0. The fourth-order valence-corrected chi connectivity index (χ4v) is 2.66. The van der Waals surface area contributed by atoms with Gasteiger partial charge in [-0.05, 0) is 20.3 Å². The maximum atomic E-state index is 3.46. The van der Waals surface area contributed by atoms with Crippen molar-refractivity contribution in [3.63, 3.8) is 0 Å². The molecule has 0 aliphatic heterocycles. The molecule has 0 nitrogen and oxygen atoms in total. The van der Waals surface area contributed by atoms with E-state index in [0.717, 1.165) is 6.42 Å². The molecule has 0 aromatic heterocycles. The molecular weight excluding hydrogens is 374 g/mol. The van der Waals surface area contributed by atoms with Gasteiger partial charge in [0.15, 0.2) is 0 Å². The van der Waals surface area contributed by atoms with E-state index in [4.69, 9.17) is 0 Å². The number of hydrogen-bond acceptors (Lipinski definition) is 0. The first-order valence-corrected chi connectivity index (χ1v) is 9.71. The fraction of sp³-hybridized carbons (Fsp3) is 0.190. The van der Waals surface area contributed by atoms with Crippen molar-refractivity contribution in [1.29, 1.82) is 0 Å². The topological polar surface area (TPSA) is 0 Å². The molecule has 0 N–H and O–H groups in total. The first kappa shape index (κ1) is 22.1. The number of allylic oxidation sites excluding steroid dienone is 7. The molecule has 118 valence electrons. The monoisotopic (exact) mass is 398 g/mol. The second kappa shape index (κ2) is 13.5. The van der Waals surface area contributed by atoms with Crippen molar-refractivity contribution < 1.29 is 26.2 Å². The predicted octanol–water partition coefficient (Wildman–Crippen LogP) is 5.98. The van der Waals surface area contributed by atoms with Crippen molar-refractivity contribution in [2.45, 2.75) is 13.3 Å². The Bertz CT molecular complexity index is 599. The molecule has 1 aliphatic rings. The van der Waals surface area contributed by atoms with Crippen LogP contribution >= 0.6 is 7.92 Å². The van der Waals surface area contributed by atoms with E-state index in [1.807, 2.05) is 31.2 Å². The van der Waals surface area contributed by atoms with Crippen LogP contribution in [0.3, 0.4) is 0 Å². The molecule has 2 heteroatoms. The standard InChI is InChI=1S/C11H12P.C5H5.C5H8.Zr/c1-12(2)11-7-9-5-3-4-6-10(9)8-11;1-2-4-5-3-1;1-3-5-4-2;/h3-8H,1-2H3;1-3H,4H2;3-5H,1H2,2H3;/q2*-1;;+2/b;;5-4+;. The second-order valence-corrected chi connectivity index (χ2v) is 7.31. The van der Waals surface area contributed by atoms with Gasteiger partial charge in [0.25, 0.3) is 0 Å². The molecule has 0 bridgehead atoms. The molecule has 0 amide bonds. The third-order valence-corrected chi connectivity index (χ3v) is 4.32. The molecule has 2 aromatic carbocycles. The Kier molecular flexibility index (Phi) is 13.0. The Hall–Kier alpha value is -0.897. The van der Waals surface area contributed by atoms with Crippen LogP contribution in [0.15, 0.2) is 79.4 Å². The summed E-state index contributed by atoms with van der Waals surface area (Å²) in [6, 6.07) is 13.2. The molecule has 0 atom stereocenters. The second-order valence-electron chi connectivity index (χ2n) is 5.00. The number of rotatable bonds is 2. The van der Waals surface area contributed by atoms with E-state index in [0.29, 0.717) is 0 Å². The third-order valence-electron chi connectivity index (χ3n) is 3.03. The average Bonchev–Trinajstić information content (AvgIpc) is 3.21. The number of hydrogen-bond donors (Lipinski definition) is 0. The zero-order valence-corrected chi connectivity index (χ0v) is 17.6. The van der Waals surface area contributed by atoms with E-state index in [1.54, 1.807) is 6.08 Å². The summed E-state index contributed by atoms with van der Waals surface area (Å²) in [5.41, 5.74) is 0. The maximum absolute atomic E-state index is 3.46. The van der Waals surface area contributed by atoms with Crippen molar-refractivity contribution in [1.82, 2.24) is 0 Å². The molecule has 0 saturated heterocycles. The van der Waals surface area contributed by atoms with Crippen LogP contribution in [0.1, 0.15) is 13.3 Å². The van der Waals surface area contributed by atoms with Crippen molar-refractivity contribution in [3.05, 3.63) is 85.5 Å². The Balaban J connectivity index is 0.000000370. The molecular formula is C21H25PZr. The maximum Gasteiger partial charge on any atom is 2.00 e. The van der Waals surface area contributed by atoms with Gasteiger partial charge in [0.05, 0.1) is 0 Å². The Morgan fingerprint density at radius 2 is 2.00 bits per heavy atom. The number of benzene rings is 1. The summed E-state index contributed by atoms with van der Waals surface area (Å²) in [5.74, 6) is 0. The van der Waals surface area contributed by atoms with Gasteiger partial charge >= 0.3 is 26.2 Å². The number of fused-ring (bicyclic) bond motifs is 1. The zero-order chi connectivity index (χ0) is 16.2. The van der Waals surface area contributed by atoms with Gasteiger partial charge in [-0.1, -0.05) is 30.9 Å². The van der Waals surface area contributed by atoms with Crippen LogP contribution in [0.5, 0.6) is 0 Å². The van der Waals surface area contributed by atoms with Gasteiger partial charge in [0, 0.05) is 0 Å². The van der Waals surface area contributed by atoms with Crippen molar-refractivity contribution in [3.8, 4) is 0 Å². The van der Waals surface area contributed by atoms with Gasteiger partial charge in [0.2, 0.25) is 0 Å². The summed E-state index contributed by atoms with van der Waals surface area (Å²) in [4.78, 5) is 0. The Labute approximate surface area is 161 Å². The van der Waals surface area contributed by atoms with E-state index < -0.39 is 0 Å². The SMILES string of the molecule is C=C/C=C/C.CP(C)c1cc2ccccc2[cH-]1.[C-]1=CC=CC1.[Zr+2]. The van der Waals surface area contributed by atoms with Gasteiger partial charge in [-0.15, -0.1) is 54.7 Å². The minimum absolute atomic E-state index is 0. The molecule has 0 radical (unpaired) electrons. The summed E-state index contributed by atoms with van der Waals surface area (Å²) in [6.45, 7) is 10.0. The van der Waals surface area contributed by atoms with Crippen molar-refractivity contribution in [2.24, 2.45) is 0 Å². The minimum Gasteiger partial charge on any atom is -0.273 e. The molecule has 0 unspecified atom stereocenters. The van der Waals surface area contributed by atoms with Gasteiger partial charge in [-0.2, -0.15) is 12.1 Å². The van der Waals surface area contributed by atoms with E-state index in [2.05, 4.69) is 68.5 Å². The molecule has 2 aromatic rings. The normalized spacial score (nSPS) is 11.7. The van der Waals surface area contributed by atoms with Crippen LogP contribution in [0.2, 0.25) is 0 Å². The fourth-order valence-electron chi connectivity index (χ4n) is 1.87. The van der Waals surface area contributed by atoms with Gasteiger partial charge in [-0.3, -0.25) is 6.08 Å². The van der Waals surface area contributed by atoms with Crippen molar-refractivity contribution in [2.75, 3.05) is 13.3 Å². The molecule has 3 rings (SSSR count).